The number of carbonyl (C=O) groups is 1. The number of amides is 1. The normalized spacial score (nSPS) is 23.1. The second-order valence-corrected chi connectivity index (χ2v) is 5.77. The molecule has 0 bridgehead atoms. The van der Waals surface area contributed by atoms with Gasteiger partial charge in [0.2, 0.25) is 0 Å². The topological polar surface area (TPSA) is 49.3 Å². The SMILES string of the molecule is O=C(NC[C@H]1CCCC[C@H]1O)c1c(F)cccc1Br. The van der Waals surface area contributed by atoms with Crippen LogP contribution < -0.4 is 5.32 Å². The van der Waals surface area contributed by atoms with E-state index in [2.05, 4.69) is 21.2 Å². The van der Waals surface area contributed by atoms with E-state index in [0.717, 1.165) is 25.7 Å². The zero-order chi connectivity index (χ0) is 13.8. The molecule has 1 saturated carbocycles. The van der Waals surface area contributed by atoms with Gasteiger partial charge in [-0.05, 0) is 40.9 Å². The molecule has 1 aliphatic carbocycles. The van der Waals surface area contributed by atoms with Crippen LogP contribution in [0.2, 0.25) is 0 Å². The molecule has 1 amide bonds. The number of hydrogen-bond acceptors (Lipinski definition) is 2. The maximum absolute atomic E-state index is 13.6. The van der Waals surface area contributed by atoms with Crippen LogP contribution in [0, 0.1) is 11.7 Å². The third-order valence-corrected chi connectivity index (χ3v) is 4.24. The summed E-state index contributed by atoms with van der Waals surface area (Å²) in [5.41, 5.74) is 0.0211. The van der Waals surface area contributed by atoms with Crippen molar-refractivity contribution in [2.75, 3.05) is 6.54 Å². The van der Waals surface area contributed by atoms with Crippen LogP contribution in [0.1, 0.15) is 36.0 Å². The van der Waals surface area contributed by atoms with E-state index in [1.165, 1.54) is 6.07 Å². The average Bonchev–Trinajstić information content (AvgIpc) is 2.37. The summed E-state index contributed by atoms with van der Waals surface area (Å²) in [6.07, 6.45) is 3.42. The fraction of sp³-hybridized carbons (Fsp3) is 0.500. The summed E-state index contributed by atoms with van der Waals surface area (Å²) < 4.78 is 14.0. The number of halogens is 2. The van der Waals surface area contributed by atoms with Gasteiger partial charge in [0, 0.05) is 16.9 Å². The maximum Gasteiger partial charge on any atom is 0.255 e. The molecular formula is C14H17BrFNO2. The van der Waals surface area contributed by atoms with Crippen molar-refractivity contribution >= 4 is 21.8 Å². The lowest BCUT2D eigenvalue weighted by Gasteiger charge is -2.27. The molecule has 19 heavy (non-hydrogen) atoms. The number of carbonyl (C=O) groups excluding carboxylic acids is 1. The van der Waals surface area contributed by atoms with Crippen molar-refractivity contribution < 1.29 is 14.3 Å². The first-order chi connectivity index (χ1) is 9.09. The van der Waals surface area contributed by atoms with Gasteiger partial charge >= 0.3 is 0 Å². The molecule has 0 unspecified atom stereocenters. The Hall–Kier alpha value is -0.940. The van der Waals surface area contributed by atoms with Gasteiger partial charge in [0.25, 0.3) is 5.91 Å². The largest absolute Gasteiger partial charge is 0.393 e. The van der Waals surface area contributed by atoms with Crippen molar-refractivity contribution in [3.63, 3.8) is 0 Å². The highest BCUT2D eigenvalue weighted by Crippen LogP contribution is 2.24. The van der Waals surface area contributed by atoms with Crippen molar-refractivity contribution in [2.24, 2.45) is 5.92 Å². The molecular weight excluding hydrogens is 313 g/mol. The Morgan fingerprint density at radius 2 is 2.16 bits per heavy atom. The van der Waals surface area contributed by atoms with Crippen molar-refractivity contribution in [2.45, 2.75) is 31.8 Å². The van der Waals surface area contributed by atoms with Gasteiger partial charge in [-0.2, -0.15) is 0 Å². The summed E-state index contributed by atoms with van der Waals surface area (Å²) in [5.74, 6) is -0.915. The van der Waals surface area contributed by atoms with E-state index in [4.69, 9.17) is 0 Å². The lowest BCUT2D eigenvalue weighted by Crippen LogP contribution is -2.37. The molecule has 104 valence electrons. The third kappa shape index (κ3) is 3.54. The quantitative estimate of drug-likeness (QED) is 0.895. The molecule has 3 nitrogen and oxygen atoms in total. The molecule has 0 saturated heterocycles. The van der Waals surface area contributed by atoms with Gasteiger partial charge in [0.15, 0.2) is 0 Å². The third-order valence-electron chi connectivity index (χ3n) is 3.58. The van der Waals surface area contributed by atoms with E-state index in [1.54, 1.807) is 12.1 Å². The van der Waals surface area contributed by atoms with E-state index < -0.39 is 11.7 Å². The van der Waals surface area contributed by atoms with Gasteiger partial charge in [-0.15, -0.1) is 0 Å². The lowest BCUT2D eigenvalue weighted by atomic mass is 9.86. The van der Waals surface area contributed by atoms with Gasteiger partial charge in [0.1, 0.15) is 5.82 Å². The van der Waals surface area contributed by atoms with Crippen molar-refractivity contribution in [1.82, 2.24) is 5.32 Å². The van der Waals surface area contributed by atoms with Crippen molar-refractivity contribution in [3.05, 3.63) is 34.1 Å². The summed E-state index contributed by atoms with van der Waals surface area (Å²) >= 11 is 3.18. The second-order valence-electron chi connectivity index (χ2n) is 4.92. The summed E-state index contributed by atoms with van der Waals surface area (Å²) in [5, 5.41) is 12.5. The van der Waals surface area contributed by atoms with Crippen LogP contribution in [0.4, 0.5) is 4.39 Å². The number of hydrogen-bond donors (Lipinski definition) is 2. The Labute approximate surface area is 120 Å². The first kappa shape index (κ1) is 14.5. The molecule has 2 N–H and O–H groups in total. The van der Waals surface area contributed by atoms with Gasteiger partial charge < -0.3 is 10.4 Å². The highest BCUT2D eigenvalue weighted by atomic mass is 79.9. The summed E-state index contributed by atoms with van der Waals surface area (Å²) in [6, 6.07) is 4.43. The monoisotopic (exact) mass is 329 g/mol. The lowest BCUT2D eigenvalue weighted by molar-refractivity contribution is 0.0662. The Balaban J connectivity index is 1.97. The van der Waals surface area contributed by atoms with E-state index in [9.17, 15) is 14.3 Å². The van der Waals surface area contributed by atoms with Crippen LogP contribution >= 0.6 is 15.9 Å². The van der Waals surface area contributed by atoms with Crippen LogP contribution in [0.5, 0.6) is 0 Å². The molecule has 1 fully saturated rings. The average molecular weight is 330 g/mol. The number of nitrogens with one attached hydrogen (secondary N) is 1. The molecule has 1 aromatic carbocycles. The molecule has 1 aliphatic rings. The second kappa shape index (κ2) is 6.48. The van der Waals surface area contributed by atoms with Crippen LogP contribution in [0.15, 0.2) is 22.7 Å². The molecule has 0 spiro atoms. The standard InChI is InChI=1S/C14H17BrFNO2/c15-10-5-3-6-11(16)13(10)14(19)17-8-9-4-1-2-7-12(9)18/h3,5-6,9,12,18H,1-2,4,7-8H2,(H,17,19)/t9-,12-/m1/s1. The number of aliphatic hydroxyl groups excluding tert-OH is 1. The first-order valence-electron chi connectivity index (χ1n) is 6.50. The maximum atomic E-state index is 13.6. The van der Waals surface area contributed by atoms with E-state index in [0.29, 0.717) is 11.0 Å². The minimum atomic E-state index is -0.545. The number of benzene rings is 1. The fourth-order valence-corrected chi connectivity index (χ4v) is 2.98. The van der Waals surface area contributed by atoms with Gasteiger partial charge in [0.05, 0.1) is 11.7 Å². The summed E-state index contributed by atoms with van der Waals surface area (Å²) in [7, 11) is 0. The molecule has 2 rings (SSSR count). The minimum absolute atomic E-state index is 0.0211. The Bertz CT molecular complexity index is 447. The fourth-order valence-electron chi connectivity index (χ4n) is 2.45. The van der Waals surface area contributed by atoms with Gasteiger partial charge in [-0.3, -0.25) is 4.79 Å². The highest BCUT2D eigenvalue weighted by Gasteiger charge is 2.24. The van der Waals surface area contributed by atoms with Gasteiger partial charge in [-0.1, -0.05) is 18.9 Å². The predicted octanol–water partition coefficient (Wildman–Crippen LogP) is 2.87. The molecule has 0 aliphatic heterocycles. The molecule has 2 atom stereocenters. The van der Waals surface area contributed by atoms with Crippen molar-refractivity contribution in [3.8, 4) is 0 Å². The molecule has 0 aromatic heterocycles. The van der Waals surface area contributed by atoms with Crippen LogP contribution in [-0.2, 0) is 0 Å². The van der Waals surface area contributed by atoms with Gasteiger partial charge in [-0.25, -0.2) is 4.39 Å². The predicted molar refractivity (Wildman–Crippen MR) is 74.4 cm³/mol. The zero-order valence-electron chi connectivity index (χ0n) is 10.5. The summed E-state index contributed by atoms with van der Waals surface area (Å²) in [6.45, 7) is 0.390. The number of rotatable bonds is 3. The van der Waals surface area contributed by atoms with E-state index in [1.807, 2.05) is 0 Å². The summed E-state index contributed by atoms with van der Waals surface area (Å²) in [4.78, 5) is 12.0. The van der Waals surface area contributed by atoms with E-state index in [-0.39, 0.29) is 17.6 Å². The molecule has 0 radical (unpaired) electrons. The minimum Gasteiger partial charge on any atom is -0.393 e. The first-order valence-corrected chi connectivity index (χ1v) is 7.29. The molecule has 0 heterocycles. The molecule has 1 aromatic rings. The molecule has 5 heteroatoms. The van der Waals surface area contributed by atoms with Crippen molar-refractivity contribution in [1.29, 1.82) is 0 Å². The Morgan fingerprint density at radius 1 is 1.42 bits per heavy atom. The smallest absolute Gasteiger partial charge is 0.255 e. The zero-order valence-corrected chi connectivity index (χ0v) is 12.1. The number of aliphatic hydroxyl groups is 1. The Morgan fingerprint density at radius 3 is 2.84 bits per heavy atom. The van der Waals surface area contributed by atoms with Crippen LogP contribution in [-0.4, -0.2) is 23.7 Å². The Kier molecular flexibility index (Phi) is 4.93. The highest BCUT2D eigenvalue weighted by molar-refractivity contribution is 9.10. The van der Waals surface area contributed by atoms with E-state index >= 15 is 0 Å². The van der Waals surface area contributed by atoms with Crippen LogP contribution in [0.25, 0.3) is 0 Å². The van der Waals surface area contributed by atoms with Crippen LogP contribution in [0.3, 0.4) is 0 Å².